The van der Waals surface area contributed by atoms with Gasteiger partial charge in [0.2, 0.25) is 6.29 Å². The van der Waals surface area contributed by atoms with Crippen LogP contribution in [0.5, 0.6) is 0 Å². The smallest absolute Gasteiger partial charge is 0.335 e. The Kier molecular flexibility index (Phi) is 9.58. The van der Waals surface area contributed by atoms with E-state index in [0.717, 1.165) is 18.1 Å². The van der Waals surface area contributed by atoms with Gasteiger partial charge in [0.05, 0.1) is 0 Å². The third kappa shape index (κ3) is 7.24. The second-order valence-electron chi connectivity index (χ2n) is 9.59. The van der Waals surface area contributed by atoms with E-state index < -0.39 is 42.6 Å². The molecule has 8 heteroatoms. The molecular formula is C26H36O8. The Labute approximate surface area is 200 Å². The zero-order valence-corrected chi connectivity index (χ0v) is 20.4. The number of allylic oxidation sites excluding steroid dienone is 9. The Hall–Kier alpha value is -2.52. The van der Waals surface area contributed by atoms with E-state index in [1.54, 1.807) is 19.1 Å². The van der Waals surface area contributed by atoms with Gasteiger partial charge in [0.25, 0.3) is 0 Å². The Morgan fingerprint density at radius 3 is 2.35 bits per heavy atom. The zero-order chi connectivity index (χ0) is 25.6. The summed E-state index contributed by atoms with van der Waals surface area (Å²) in [7, 11) is 0. The first-order chi connectivity index (χ1) is 15.8. The van der Waals surface area contributed by atoms with Gasteiger partial charge in [0, 0.05) is 6.08 Å². The van der Waals surface area contributed by atoms with Gasteiger partial charge < -0.3 is 29.9 Å². The van der Waals surface area contributed by atoms with Crippen molar-refractivity contribution in [2.45, 2.75) is 84.6 Å². The van der Waals surface area contributed by atoms with E-state index in [4.69, 9.17) is 14.6 Å². The number of carbonyl (C=O) groups is 2. The molecule has 1 fully saturated rings. The fourth-order valence-corrected chi connectivity index (χ4v) is 4.16. The molecule has 188 valence electrons. The Morgan fingerprint density at radius 2 is 1.74 bits per heavy atom. The van der Waals surface area contributed by atoms with Crippen molar-refractivity contribution in [3.8, 4) is 0 Å². The number of ether oxygens (including phenoxy) is 2. The number of rotatable bonds is 7. The fraction of sp³-hybridized carbons (Fsp3) is 0.538. The molecule has 1 aliphatic carbocycles. The van der Waals surface area contributed by atoms with E-state index >= 15 is 0 Å². The van der Waals surface area contributed by atoms with Crippen LogP contribution in [0.3, 0.4) is 0 Å². The lowest BCUT2D eigenvalue weighted by atomic mass is 9.72. The Morgan fingerprint density at radius 1 is 1.06 bits per heavy atom. The van der Waals surface area contributed by atoms with Crippen LogP contribution in [-0.4, -0.2) is 63.1 Å². The summed E-state index contributed by atoms with van der Waals surface area (Å²) in [5.74, 6) is -2.44. The number of carboxylic acids is 1. The van der Waals surface area contributed by atoms with Crippen LogP contribution < -0.4 is 0 Å². The number of aliphatic hydroxyl groups excluding tert-OH is 3. The lowest BCUT2D eigenvalue weighted by Crippen LogP contribution is -2.60. The SMILES string of the molecule is CC1=C(/C=C/C(C)=C\C=C\C(C)=C\C(=O)O[C@@H]2OC(C(=O)O)[C@@H](O)[C@@H](O)C2O)C(C)(C)CCC1. The molecule has 2 unspecified atom stereocenters. The molecule has 2 rings (SSSR count). The maximum Gasteiger partial charge on any atom is 0.335 e. The Bertz CT molecular complexity index is 921. The molecular weight excluding hydrogens is 440 g/mol. The predicted octanol–water partition coefficient (Wildman–Crippen LogP) is 2.95. The number of carbonyl (C=O) groups excluding carboxylic acids is 1. The highest BCUT2D eigenvalue weighted by molar-refractivity contribution is 5.83. The highest BCUT2D eigenvalue weighted by Gasteiger charge is 2.48. The van der Waals surface area contributed by atoms with Crippen LogP contribution in [0.1, 0.15) is 53.9 Å². The lowest BCUT2D eigenvalue weighted by molar-refractivity contribution is -0.284. The summed E-state index contributed by atoms with van der Waals surface area (Å²) >= 11 is 0. The lowest BCUT2D eigenvalue weighted by Gasteiger charge is -2.37. The molecule has 2 aliphatic rings. The third-order valence-corrected chi connectivity index (χ3v) is 6.16. The van der Waals surface area contributed by atoms with Crippen molar-refractivity contribution in [1.82, 2.24) is 0 Å². The molecule has 0 saturated carbocycles. The van der Waals surface area contributed by atoms with Crippen LogP contribution in [0.15, 0.2) is 58.7 Å². The number of aliphatic carboxylic acids is 1. The summed E-state index contributed by atoms with van der Waals surface area (Å²) in [6.07, 6.45) is 5.29. The van der Waals surface area contributed by atoms with Crippen molar-refractivity contribution in [3.63, 3.8) is 0 Å². The zero-order valence-electron chi connectivity index (χ0n) is 20.4. The second-order valence-corrected chi connectivity index (χ2v) is 9.59. The fourth-order valence-electron chi connectivity index (χ4n) is 4.16. The number of carboxylic acid groups (broad SMARTS) is 1. The van der Waals surface area contributed by atoms with Gasteiger partial charge in [-0.15, -0.1) is 0 Å². The topological polar surface area (TPSA) is 134 Å². The van der Waals surface area contributed by atoms with Gasteiger partial charge in [-0.2, -0.15) is 0 Å². The van der Waals surface area contributed by atoms with E-state index in [9.17, 15) is 24.9 Å². The largest absolute Gasteiger partial charge is 0.479 e. The first-order valence-electron chi connectivity index (χ1n) is 11.4. The van der Waals surface area contributed by atoms with E-state index in [-0.39, 0.29) is 5.41 Å². The quantitative estimate of drug-likeness (QED) is 0.250. The van der Waals surface area contributed by atoms with Crippen molar-refractivity contribution in [2.24, 2.45) is 5.41 Å². The van der Waals surface area contributed by atoms with E-state index in [1.165, 1.54) is 24.0 Å². The molecule has 0 aromatic rings. The predicted molar refractivity (Wildman–Crippen MR) is 127 cm³/mol. The van der Waals surface area contributed by atoms with Gasteiger partial charge in [0.1, 0.15) is 18.3 Å². The number of hydrogen-bond acceptors (Lipinski definition) is 7. The molecule has 0 radical (unpaired) electrons. The number of esters is 1. The minimum Gasteiger partial charge on any atom is -0.479 e. The van der Waals surface area contributed by atoms with Crippen LogP contribution in [0.2, 0.25) is 0 Å². The molecule has 1 aliphatic heterocycles. The summed E-state index contributed by atoms with van der Waals surface area (Å²) in [5.41, 5.74) is 4.56. The summed E-state index contributed by atoms with van der Waals surface area (Å²) < 4.78 is 9.88. The van der Waals surface area contributed by atoms with Gasteiger partial charge in [0.15, 0.2) is 6.10 Å². The molecule has 1 heterocycles. The summed E-state index contributed by atoms with van der Waals surface area (Å²) in [5, 5.41) is 38.5. The van der Waals surface area contributed by atoms with Gasteiger partial charge in [-0.3, -0.25) is 0 Å². The molecule has 0 aromatic heterocycles. The van der Waals surface area contributed by atoms with Crippen molar-refractivity contribution >= 4 is 11.9 Å². The normalized spacial score (nSPS) is 30.8. The molecule has 4 N–H and O–H groups in total. The molecule has 5 atom stereocenters. The third-order valence-electron chi connectivity index (χ3n) is 6.16. The molecule has 34 heavy (non-hydrogen) atoms. The van der Waals surface area contributed by atoms with Gasteiger partial charge in [-0.05, 0) is 56.6 Å². The first kappa shape index (κ1) is 27.7. The number of aliphatic hydroxyl groups is 3. The monoisotopic (exact) mass is 476 g/mol. The van der Waals surface area contributed by atoms with Crippen molar-refractivity contribution in [2.75, 3.05) is 0 Å². The summed E-state index contributed by atoms with van der Waals surface area (Å²) in [6.45, 7) is 10.4. The highest BCUT2D eigenvalue weighted by Crippen LogP contribution is 2.40. The molecule has 1 saturated heterocycles. The minimum atomic E-state index is -1.85. The molecule has 8 nitrogen and oxygen atoms in total. The van der Waals surface area contributed by atoms with Crippen LogP contribution in [-0.2, 0) is 19.1 Å². The van der Waals surface area contributed by atoms with Crippen molar-refractivity contribution < 1.29 is 39.5 Å². The van der Waals surface area contributed by atoms with E-state index in [2.05, 4.69) is 32.9 Å². The minimum absolute atomic E-state index is 0.170. The van der Waals surface area contributed by atoms with E-state index in [0.29, 0.717) is 5.57 Å². The van der Waals surface area contributed by atoms with Gasteiger partial charge in [-0.1, -0.05) is 55.4 Å². The van der Waals surface area contributed by atoms with Crippen LogP contribution in [0.25, 0.3) is 0 Å². The highest BCUT2D eigenvalue weighted by atomic mass is 16.7. The van der Waals surface area contributed by atoms with Gasteiger partial charge in [-0.25, -0.2) is 9.59 Å². The summed E-state index contributed by atoms with van der Waals surface area (Å²) in [6, 6.07) is 0. The first-order valence-corrected chi connectivity index (χ1v) is 11.4. The molecule has 0 spiro atoms. The maximum absolute atomic E-state index is 12.2. The van der Waals surface area contributed by atoms with Crippen molar-refractivity contribution in [1.29, 1.82) is 0 Å². The average Bonchev–Trinajstić information content (AvgIpc) is 2.73. The second kappa shape index (κ2) is 11.8. The Balaban J connectivity index is 1.98. The molecule has 0 bridgehead atoms. The van der Waals surface area contributed by atoms with Crippen LogP contribution >= 0.6 is 0 Å². The number of hydrogen-bond donors (Lipinski definition) is 4. The van der Waals surface area contributed by atoms with Crippen LogP contribution in [0.4, 0.5) is 0 Å². The van der Waals surface area contributed by atoms with E-state index in [1.807, 2.05) is 13.0 Å². The molecule has 0 aromatic carbocycles. The van der Waals surface area contributed by atoms with Crippen molar-refractivity contribution in [3.05, 3.63) is 58.7 Å². The van der Waals surface area contributed by atoms with Gasteiger partial charge >= 0.3 is 11.9 Å². The maximum atomic E-state index is 12.2. The standard InChI is InChI=1S/C26H36O8/c1-15(11-12-18-17(3)10-7-13-26(18,4)5)8-6-9-16(2)14-19(27)33-25-22(30)20(28)21(29)23(34-25)24(31)32/h6,8-9,11-12,14,20-23,25,28-30H,7,10,13H2,1-5H3,(H,31,32)/b9-6+,12-11+,15-8-,16-14+/t20-,21+,22?,23?,25-/m1/s1. The van der Waals surface area contributed by atoms with Crippen LogP contribution in [0, 0.1) is 5.41 Å². The summed E-state index contributed by atoms with van der Waals surface area (Å²) in [4.78, 5) is 23.3. The average molecular weight is 477 g/mol. The molecule has 0 amide bonds.